The standard InChI is InChI=1S/C15H13F2NO2/c16-13-5-6-14(17)12(7-13)9-18-8-10-1-3-11(4-2-10)15(19)20/h1-7,18H,8-9H2,(H,19,20). The summed E-state index contributed by atoms with van der Waals surface area (Å²) in [6, 6.07) is 9.67. The van der Waals surface area contributed by atoms with Crippen LogP contribution >= 0.6 is 0 Å². The summed E-state index contributed by atoms with van der Waals surface area (Å²) in [5.74, 6) is -1.92. The predicted molar refractivity (Wildman–Crippen MR) is 70.3 cm³/mol. The first kappa shape index (κ1) is 14.1. The van der Waals surface area contributed by atoms with E-state index in [0.29, 0.717) is 6.54 Å². The van der Waals surface area contributed by atoms with Crippen LogP contribution in [0.5, 0.6) is 0 Å². The van der Waals surface area contributed by atoms with E-state index in [9.17, 15) is 13.6 Å². The number of aromatic carboxylic acids is 1. The monoisotopic (exact) mass is 277 g/mol. The second kappa shape index (κ2) is 6.25. The van der Waals surface area contributed by atoms with Crippen LogP contribution in [-0.2, 0) is 13.1 Å². The number of carboxylic acid groups (broad SMARTS) is 1. The first-order valence-electron chi connectivity index (χ1n) is 6.03. The molecule has 0 aromatic heterocycles. The smallest absolute Gasteiger partial charge is 0.335 e. The summed E-state index contributed by atoms with van der Waals surface area (Å²) in [7, 11) is 0. The predicted octanol–water partition coefficient (Wildman–Crippen LogP) is 2.95. The highest BCUT2D eigenvalue weighted by atomic mass is 19.1. The molecule has 0 saturated carbocycles. The molecule has 0 aliphatic carbocycles. The Labute approximate surface area is 114 Å². The number of rotatable bonds is 5. The van der Waals surface area contributed by atoms with Gasteiger partial charge in [-0.05, 0) is 35.9 Å². The Balaban J connectivity index is 1.92. The molecule has 104 valence electrons. The summed E-state index contributed by atoms with van der Waals surface area (Å²) < 4.78 is 26.3. The summed E-state index contributed by atoms with van der Waals surface area (Å²) in [4.78, 5) is 10.7. The van der Waals surface area contributed by atoms with Gasteiger partial charge in [0.05, 0.1) is 5.56 Å². The van der Waals surface area contributed by atoms with Crippen molar-refractivity contribution < 1.29 is 18.7 Å². The van der Waals surface area contributed by atoms with E-state index < -0.39 is 17.6 Å². The molecular weight excluding hydrogens is 264 g/mol. The lowest BCUT2D eigenvalue weighted by atomic mass is 10.1. The number of carbonyl (C=O) groups is 1. The highest BCUT2D eigenvalue weighted by Gasteiger charge is 2.04. The van der Waals surface area contributed by atoms with E-state index >= 15 is 0 Å². The summed E-state index contributed by atoms with van der Waals surface area (Å²) >= 11 is 0. The van der Waals surface area contributed by atoms with Crippen molar-refractivity contribution in [3.8, 4) is 0 Å². The molecule has 0 saturated heterocycles. The molecule has 0 bridgehead atoms. The van der Waals surface area contributed by atoms with Crippen molar-refractivity contribution in [3.63, 3.8) is 0 Å². The number of carboxylic acids is 1. The Morgan fingerprint density at radius 2 is 1.75 bits per heavy atom. The van der Waals surface area contributed by atoms with Gasteiger partial charge in [-0.2, -0.15) is 0 Å². The Bertz CT molecular complexity index is 612. The minimum Gasteiger partial charge on any atom is -0.478 e. The molecule has 5 heteroatoms. The van der Waals surface area contributed by atoms with Gasteiger partial charge in [0.2, 0.25) is 0 Å². The van der Waals surface area contributed by atoms with Crippen molar-refractivity contribution in [2.45, 2.75) is 13.1 Å². The minimum absolute atomic E-state index is 0.199. The lowest BCUT2D eigenvalue weighted by molar-refractivity contribution is 0.0697. The van der Waals surface area contributed by atoms with E-state index in [-0.39, 0.29) is 17.7 Å². The third-order valence-corrected chi connectivity index (χ3v) is 2.85. The van der Waals surface area contributed by atoms with Crippen LogP contribution in [0.15, 0.2) is 42.5 Å². The molecule has 0 unspecified atom stereocenters. The topological polar surface area (TPSA) is 49.3 Å². The molecule has 2 aromatic rings. The van der Waals surface area contributed by atoms with Crippen LogP contribution in [-0.4, -0.2) is 11.1 Å². The maximum absolute atomic E-state index is 13.4. The maximum Gasteiger partial charge on any atom is 0.335 e. The second-order valence-electron chi connectivity index (χ2n) is 4.34. The van der Waals surface area contributed by atoms with Gasteiger partial charge in [0.1, 0.15) is 11.6 Å². The summed E-state index contributed by atoms with van der Waals surface area (Å²) in [6.45, 7) is 0.639. The van der Waals surface area contributed by atoms with Gasteiger partial charge in [-0.25, -0.2) is 13.6 Å². The molecule has 2 rings (SSSR count). The van der Waals surface area contributed by atoms with Crippen LogP contribution in [0, 0.1) is 11.6 Å². The van der Waals surface area contributed by atoms with E-state index in [2.05, 4.69) is 5.32 Å². The van der Waals surface area contributed by atoms with E-state index in [1.165, 1.54) is 12.1 Å². The van der Waals surface area contributed by atoms with E-state index in [0.717, 1.165) is 23.8 Å². The fourth-order valence-corrected chi connectivity index (χ4v) is 1.79. The molecule has 3 nitrogen and oxygen atoms in total. The molecule has 0 fully saturated rings. The zero-order valence-electron chi connectivity index (χ0n) is 10.6. The van der Waals surface area contributed by atoms with Crippen molar-refractivity contribution in [3.05, 3.63) is 70.8 Å². The highest BCUT2D eigenvalue weighted by Crippen LogP contribution is 2.10. The fourth-order valence-electron chi connectivity index (χ4n) is 1.79. The van der Waals surface area contributed by atoms with Crippen LogP contribution in [0.4, 0.5) is 8.78 Å². The Kier molecular flexibility index (Phi) is 4.42. The molecule has 0 aliphatic rings. The van der Waals surface area contributed by atoms with E-state index in [4.69, 9.17) is 5.11 Å². The number of benzene rings is 2. The van der Waals surface area contributed by atoms with Crippen LogP contribution in [0.1, 0.15) is 21.5 Å². The molecule has 0 atom stereocenters. The van der Waals surface area contributed by atoms with Crippen LogP contribution < -0.4 is 5.32 Å². The summed E-state index contributed by atoms with van der Waals surface area (Å²) in [6.07, 6.45) is 0. The maximum atomic E-state index is 13.4. The van der Waals surface area contributed by atoms with Crippen LogP contribution in [0.3, 0.4) is 0 Å². The molecule has 0 spiro atoms. The molecule has 20 heavy (non-hydrogen) atoms. The number of nitrogens with one attached hydrogen (secondary N) is 1. The van der Waals surface area contributed by atoms with Crippen molar-refractivity contribution in [2.75, 3.05) is 0 Å². The lowest BCUT2D eigenvalue weighted by Gasteiger charge is -2.07. The Morgan fingerprint density at radius 3 is 2.40 bits per heavy atom. The third kappa shape index (κ3) is 3.61. The lowest BCUT2D eigenvalue weighted by Crippen LogP contribution is -2.14. The molecule has 0 aliphatic heterocycles. The minimum atomic E-state index is -0.980. The molecule has 0 radical (unpaired) electrons. The van der Waals surface area contributed by atoms with Gasteiger partial charge in [0, 0.05) is 18.7 Å². The number of halogens is 2. The molecule has 2 N–H and O–H groups in total. The zero-order chi connectivity index (χ0) is 14.5. The molecule has 0 heterocycles. The SMILES string of the molecule is O=C(O)c1ccc(CNCc2cc(F)ccc2F)cc1. The first-order chi connectivity index (χ1) is 9.56. The van der Waals surface area contributed by atoms with Crippen LogP contribution in [0.25, 0.3) is 0 Å². The van der Waals surface area contributed by atoms with Crippen molar-refractivity contribution in [2.24, 2.45) is 0 Å². The Morgan fingerprint density at radius 1 is 1.05 bits per heavy atom. The first-order valence-corrected chi connectivity index (χ1v) is 6.03. The van der Waals surface area contributed by atoms with Gasteiger partial charge in [0.15, 0.2) is 0 Å². The molecular formula is C15H13F2NO2. The van der Waals surface area contributed by atoms with E-state index in [1.807, 2.05) is 0 Å². The normalized spacial score (nSPS) is 10.5. The van der Waals surface area contributed by atoms with E-state index in [1.54, 1.807) is 12.1 Å². The van der Waals surface area contributed by atoms with Gasteiger partial charge in [0.25, 0.3) is 0 Å². The third-order valence-electron chi connectivity index (χ3n) is 2.85. The largest absolute Gasteiger partial charge is 0.478 e. The highest BCUT2D eigenvalue weighted by molar-refractivity contribution is 5.87. The van der Waals surface area contributed by atoms with Crippen molar-refractivity contribution in [1.29, 1.82) is 0 Å². The van der Waals surface area contributed by atoms with Gasteiger partial charge in [-0.1, -0.05) is 12.1 Å². The van der Waals surface area contributed by atoms with Gasteiger partial charge >= 0.3 is 5.97 Å². The second-order valence-corrected chi connectivity index (χ2v) is 4.34. The van der Waals surface area contributed by atoms with Crippen molar-refractivity contribution >= 4 is 5.97 Å². The fraction of sp³-hybridized carbons (Fsp3) is 0.133. The van der Waals surface area contributed by atoms with Gasteiger partial charge in [-0.3, -0.25) is 0 Å². The van der Waals surface area contributed by atoms with Crippen LogP contribution in [0.2, 0.25) is 0 Å². The number of hydrogen-bond donors (Lipinski definition) is 2. The van der Waals surface area contributed by atoms with Gasteiger partial charge in [-0.15, -0.1) is 0 Å². The molecule has 2 aromatic carbocycles. The van der Waals surface area contributed by atoms with Gasteiger partial charge < -0.3 is 10.4 Å². The van der Waals surface area contributed by atoms with Crippen molar-refractivity contribution in [1.82, 2.24) is 5.32 Å². The summed E-state index contributed by atoms with van der Waals surface area (Å²) in [5, 5.41) is 11.7. The average Bonchev–Trinajstić information content (AvgIpc) is 2.43. The Hall–Kier alpha value is -2.27. The number of hydrogen-bond acceptors (Lipinski definition) is 2. The molecule has 0 amide bonds. The average molecular weight is 277 g/mol. The summed E-state index contributed by atoms with van der Waals surface area (Å²) in [5.41, 5.74) is 1.34. The zero-order valence-corrected chi connectivity index (χ0v) is 10.6. The quantitative estimate of drug-likeness (QED) is 0.883.